The maximum Gasteiger partial charge on any atom is 0.304 e. The summed E-state index contributed by atoms with van der Waals surface area (Å²) in [5, 5.41) is 12.7. The molecule has 2 aromatic carbocycles. The van der Waals surface area contributed by atoms with Crippen molar-refractivity contribution in [1.29, 1.82) is 0 Å². The van der Waals surface area contributed by atoms with Crippen LogP contribution in [-0.4, -0.2) is 29.2 Å². The van der Waals surface area contributed by atoms with Crippen molar-refractivity contribution in [2.75, 3.05) is 18.5 Å². The minimum Gasteiger partial charge on any atom is -0.494 e. The molecule has 29 heavy (non-hydrogen) atoms. The van der Waals surface area contributed by atoms with E-state index in [1.54, 1.807) is 6.20 Å². The van der Waals surface area contributed by atoms with Gasteiger partial charge in [-0.1, -0.05) is 36.4 Å². The van der Waals surface area contributed by atoms with Gasteiger partial charge in [-0.25, -0.2) is 4.98 Å². The van der Waals surface area contributed by atoms with Crippen LogP contribution < -0.4 is 10.1 Å². The largest absolute Gasteiger partial charge is 0.494 e. The number of carboxylic acid groups (broad SMARTS) is 1. The van der Waals surface area contributed by atoms with Crippen LogP contribution in [0, 0.1) is 0 Å². The third-order valence-electron chi connectivity index (χ3n) is 5.24. The Bertz CT molecular complexity index is 988. The van der Waals surface area contributed by atoms with E-state index in [1.807, 2.05) is 48.5 Å². The molecule has 148 valence electrons. The van der Waals surface area contributed by atoms with E-state index in [4.69, 9.17) is 4.74 Å². The minimum absolute atomic E-state index is 0.101. The molecule has 1 aliphatic carbocycles. The number of ether oxygens (including phenoxy) is 1. The maximum atomic E-state index is 11.4. The second kappa shape index (κ2) is 8.78. The van der Waals surface area contributed by atoms with Gasteiger partial charge in [-0.3, -0.25) is 4.79 Å². The zero-order valence-corrected chi connectivity index (χ0v) is 16.2. The highest BCUT2D eigenvalue weighted by atomic mass is 16.5. The Morgan fingerprint density at radius 2 is 1.90 bits per heavy atom. The zero-order chi connectivity index (χ0) is 20.1. The van der Waals surface area contributed by atoms with E-state index in [-0.39, 0.29) is 12.3 Å². The molecule has 4 rings (SSSR count). The van der Waals surface area contributed by atoms with Gasteiger partial charge in [-0.05, 0) is 59.4 Å². The first-order valence-corrected chi connectivity index (χ1v) is 9.91. The van der Waals surface area contributed by atoms with Crippen LogP contribution in [0.1, 0.15) is 41.0 Å². The van der Waals surface area contributed by atoms with Crippen molar-refractivity contribution in [3.8, 4) is 5.75 Å². The Morgan fingerprint density at radius 3 is 2.72 bits per heavy atom. The summed E-state index contributed by atoms with van der Waals surface area (Å²) in [5.74, 6) is 0.807. The second-order valence-electron chi connectivity index (χ2n) is 7.23. The summed E-state index contributed by atoms with van der Waals surface area (Å²) < 4.78 is 5.94. The molecule has 5 heteroatoms. The van der Waals surface area contributed by atoms with Crippen molar-refractivity contribution in [2.45, 2.75) is 25.2 Å². The van der Waals surface area contributed by atoms with Crippen LogP contribution in [0.2, 0.25) is 0 Å². The van der Waals surface area contributed by atoms with Gasteiger partial charge in [0.15, 0.2) is 0 Å². The highest BCUT2D eigenvalue weighted by Gasteiger charge is 2.27. The van der Waals surface area contributed by atoms with Crippen molar-refractivity contribution in [3.63, 3.8) is 0 Å². The molecule has 0 saturated heterocycles. The van der Waals surface area contributed by atoms with Gasteiger partial charge in [0.25, 0.3) is 0 Å². The lowest BCUT2D eigenvalue weighted by atomic mass is 9.76. The van der Waals surface area contributed by atoms with E-state index < -0.39 is 5.97 Å². The lowest BCUT2D eigenvalue weighted by Crippen LogP contribution is -2.17. The average Bonchev–Trinajstić information content (AvgIpc) is 2.73. The SMILES string of the molecule is O=C(O)CC1c2ccccc2Cc2cc(OCCCNc3ccccn3)ccc21. The number of carbonyl (C=O) groups is 1. The summed E-state index contributed by atoms with van der Waals surface area (Å²) in [4.78, 5) is 15.7. The molecule has 0 aliphatic heterocycles. The van der Waals surface area contributed by atoms with Gasteiger partial charge in [-0.2, -0.15) is 0 Å². The minimum atomic E-state index is -0.779. The van der Waals surface area contributed by atoms with Crippen molar-refractivity contribution in [1.82, 2.24) is 4.98 Å². The molecule has 1 atom stereocenters. The number of nitrogens with one attached hydrogen (secondary N) is 1. The number of nitrogens with zero attached hydrogens (tertiary/aromatic N) is 1. The van der Waals surface area contributed by atoms with Crippen molar-refractivity contribution in [2.24, 2.45) is 0 Å². The molecule has 0 radical (unpaired) electrons. The molecule has 0 saturated carbocycles. The van der Waals surface area contributed by atoms with Gasteiger partial charge >= 0.3 is 5.97 Å². The van der Waals surface area contributed by atoms with E-state index in [0.29, 0.717) is 6.61 Å². The Morgan fingerprint density at radius 1 is 1.07 bits per heavy atom. The Kier molecular flexibility index (Phi) is 5.75. The highest BCUT2D eigenvalue weighted by molar-refractivity contribution is 5.70. The van der Waals surface area contributed by atoms with Gasteiger partial charge in [0.05, 0.1) is 13.0 Å². The predicted molar refractivity (Wildman–Crippen MR) is 113 cm³/mol. The van der Waals surface area contributed by atoms with Crippen LogP contribution in [0.25, 0.3) is 0 Å². The summed E-state index contributed by atoms with van der Waals surface area (Å²) in [6, 6.07) is 20.0. The quantitative estimate of drug-likeness (QED) is 0.557. The van der Waals surface area contributed by atoms with Crippen LogP contribution in [-0.2, 0) is 11.2 Å². The summed E-state index contributed by atoms with van der Waals surface area (Å²) in [6.45, 7) is 1.39. The van der Waals surface area contributed by atoms with E-state index in [0.717, 1.165) is 47.6 Å². The molecule has 1 aliphatic rings. The van der Waals surface area contributed by atoms with Crippen molar-refractivity contribution in [3.05, 3.63) is 89.1 Å². The fourth-order valence-electron chi connectivity index (χ4n) is 3.91. The fraction of sp³-hybridized carbons (Fsp3) is 0.250. The van der Waals surface area contributed by atoms with Crippen LogP contribution in [0.3, 0.4) is 0 Å². The van der Waals surface area contributed by atoms with Crippen LogP contribution in [0.5, 0.6) is 5.75 Å². The molecule has 1 unspecified atom stereocenters. The predicted octanol–water partition coefficient (Wildman–Crippen LogP) is 4.47. The number of rotatable bonds is 8. The zero-order valence-electron chi connectivity index (χ0n) is 16.2. The number of carboxylic acids is 1. The van der Waals surface area contributed by atoms with Gasteiger partial charge in [0.2, 0.25) is 0 Å². The topological polar surface area (TPSA) is 71.5 Å². The van der Waals surface area contributed by atoms with E-state index in [1.165, 1.54) is 5.56 Å². The Hall–Kier alpha value is -3.34. The normalized spacial score (nSPS) is 14.6. The Labute approximate surface area is 170 Å². The molecule has 0 bridgehead atoms. The van der Waals surface area contributed by atoms with E-state index >= 15 is 0 Å². The smallest absolute Gasteiger partial charge is 0.304 e. The fourth-order valence-corrected chi connectivity index (χ4v) is 3.91. The third-order valence-corrected chi connectivity index (χ3v) is 5.24. The Balaban J connectivity index is 1.40. The number of hydrogen-bond acceptors (Lipinski definition) is 4. The summed E-state index contributed by atoms with van der Waals surface area (Å²) in [5.41, 5.74) is 4.56. The molecule has 0 spiro atoms. The molecule has 3 aromatic rings. The van der Waals surface area contributed by atoms with E-state index in [2.05, 4.69) is 22.4 Å². The standard InChI is InChI=1S/C24H24N2O3/c27-24(28)16-22-20-7-2-1-6-17(20)14-18-15-19(9-10-21(18)22)29-13-5-12-26-23-8-3-4-11-25-23/h1-4,6-11,15,22H,5,12-14,16H2,(H,25,26)(H,27,28). The monoisotopic (exact) mass is 388 g/mol. The first-order valence-electron chi connectivity index (χ1n) is 9.91. The lowest BCUT2D eigenvalue weighted by Gasteiger charge is -2.28. The number of benzene rings is 2. The number of fused-ring (bicyclic) bond motifs is 2. The summed E-state index contributed by atoms with van der Waals surface area (Å²) >= 11 is 0. The van der Waals surface area contributed by atoms with Gasteiger partial charge in [-0.15, -0.1) is 0 Å². The first kappa shape index (κ1) is 19.0. The number of aliphatic carboxylic acids is 1. The summed E-state index contributed by atoms with van der Waals surface area (Å²) in [6.07, 6.45) is 3.53. The lowest BCUT2D eigenvalue weighted by molar-refractivity contribution is -0.137. The first-order chi connectivity index (χ1) is 14.2. The van der Waals surface area contributed by atoms with Crippen molar-refractivity contribution < 1.29 is 14.6 Å². The number of anilines is 1. The van der Waals surface area contributed by atoms with Crippen LogP contribution in [0.15, 0.2) is 66.9 Å². The van der Waals surface area contributed by atoms with Crippen LogP contribution >= 0.6 is 0 Å². The molecule has 0 amide bonds. The van der Waals surface area contributed by atoms with Crippen molar-refractivity contribution >= 4 is 11.8 Å². The maximum absolute atomic E-state index is 11.4. The number of hydrogen-bond donors (Lipinski definition) is 2. The third kappa shape index (κ3) is 4.57. The molecular formula is C24H24N2O3. The van der Waals surface area contributed by atoms with Gasteiger partial charge < -0.3 is 15.2 Å². The van der Waals surface area contributed by atoms with Crippen LogP contribution in [0.4, 0.5) is 5.82 Å². The van der Waals surface area contributed by atoms with Gasteiger partial charge in [0.1, 0.15) is 11.6 Å². The second-order valence-corrected chi connectivity index (χ2v) is 7.23. The molecule has 1 aromatic heterocycles. The average molecular weight is 388 g/mol. The number of aromatic nitrogens is 1. The van der Waals surface area contributed by atoms with E-state index in [9.17, 15) is 9.90 Å². The molecule has 5 nitrogen and oxygen atoms in total. The molecule has 0 fully saturated rings. The summed E-state index contributed by atoms with van der Waals surface area (Å²) in [7, 11) is 0. The highest BCUT2D eigenvalue weighted by Crippen LogP contribution is 2.39. The molecular weight excluding hydrogens is 364 g/mol. The number of pyridine rings is 1. The van der Waals surface area contributed by atoms with Gasteiger partial charge in [0, 0.05) is 18.7 Å². The molecule has 1 heterocycles. The molecule has 2 N–H and O–H groups in total.